The van der Waals surface area contributed by atoms with Crippen LogP contribution in [-0.4, -0.2) is 41.9 Å². The molecular formula is C17H21N3O3. The van der Waals surface area contributed by atoms with E-state index >= 15 is 0 Å². The van der Waals surface area contributed by atoms with Crippen molar-refractivity contribution in [2.24, 2.45) is 17.6 Å². The molecule has 1 saturated carbocycles. The lowest BCUT2D eigenvalue weighted by molar-refractivity contribution is -0.146. The molecule has 23 heavy (non-hydrogen) atoms. The van der Waals surface area contributed by atoms with E-state index in [1.165, 1.54) is 5.56 Å². The van der Waals surface area contributed by atoms with Gasteiger partial charge in [0.15, 0.2) is 0 Å². The van der Waals surface area contributed by atoms with Crippen LogP contribution in [-0.2, 0) is 16.1 Å². The molecule has 0 spiro atoms. The second-order valence-electron chi connectivity index (χ2n) is 6.97. The van der Waals surface area contributed by atoms with E-state index < -0.39 is 11.4 Å². The van der Waals surface area contributed by atoms with Gasteiger partial charge in [-0.2, -0.15) is 0 Å². The van der Waals surface area contributed by atoms with Crippen LogP contribution in [0.15, 0.2) is 24.3 Å². The Bertz CT molecular complexity index is 660. The van der Waals surface area contributed by atoms with Gasteiger partial charge in [0.05, 0.1) is 13.0 Å². The number of rotatable bonds is 4. The molecule has 4 aliphatic rings. The molecule has 5 rings (SSSR count). The number of nitrogens with two attached hydrogens (primary N) is 1. The highest BCUT2D eigenvalue weighted by Gasteiger charge is 2.62. The highest BCUT2D eigenvalue weighted by Crippen LogP contribution is 2.49. The number of hydrogen-bond donors (Lipinski definition) is 2. The summed E-state index contributed by atoms with van der Waals surface area (Å²) in [6, 6.07) is 8.09. The molecule has 1 aliphatic carbocycles. The quantitative estimate of drug-likeness (QED) is 0.835. The molecule has 1 aromatic carbocycles. The van der Waals surface area contributed by atoms with Crippen molar-refractivity contribution < 1.29 is 14.3 Å². The van der Waals surface area contributed by atoms with E-state index in [4.69, 9.17) is 10.5 Å². The molecule has 6 nitrogen and oxygen atoms in total. The minimum atomic E-state index is -0.837. The Balaban J connectivity index is 1.56. The van der Waals surface area contributed by atoms with Crippen LogP contribution in [0.3, 0.4) is 0 Å². The van der Waals surface area contributed by atoms with Gasteiger partial charge in [0.25, 0.3) is 0 Å². The summed E-state index contributed by atoms with van der Waals surface area (Å²) in [4.78, 5) is 26.6. The Hall–Kier alpha value is -2.08. The third-order valence-corrected chi connectivity index (χ3v) is 5.71. The van der Waals surface area contributed by atoms with E-state index in [0.29, 0.717) is 12.8 Å². The van der Waals surface area contributed by atoms with Gasteiger partial charge in [0, 0.05) is 19.1 Å². The van der Waals surface area contributed by atoms with Gasteiger partial charge in [0.2, 0.25) is 11.8 Å². The third-order valence-electron chi connectivity index (χ3n) is 5.71. The van der Waals surface area contributed by atoms with Crippen LogP contribution in [0.25, 0.3) is 0 Å². The van der Waals surface area contributed by atoms with E-state index in [-0.39, 0.29) is 23.8 Å². The minimum absolute atomic E-state index is 0.00512. The molecule has 0 aromatic heterocycles. The minimum Gasteiger partial charge on any atom is -0.497 e. The lowest BCUT2D eigenvalue weighted by atomic mass is 9.65. The number of likely N-dealkylation sites (tertiary alicyclic amines) is 1. The first-order valence-corrected chi connectivity index (χ1v) is 8.01. The molecular weight excluding hydrogens is 294 g/mol. The van der Waals surface area contributed by atoms with Crippen molar-refractivity contribution in [3.8, 4) is 5.75 Å². The number of benzene rings is 1. The Labute approximate surface area is 135 Å². The van der Waals surface area contributed by atoms with Crippen LogP contribution >= 0.6 is 0 Å². The van der Waals surface area contributed by atoms with Gasteiger partial charge in [0.1, 0.15) is 11.3 Å². The molecule has 6 heteroatoms. The van der Waals surface area contributed by atoms with E-state index in [1.54, 1.807) is 7.11 Å². The number of ether oxygens (including phenoxy) is 1. The van der Waals surface area contributed by atoms with Gasteiger partial charge in [-0.3, -0.25) is 14.5 Å². The van der Waals surface area contributed by atoms with Gasteiger partial charge >= 0.3 is 0 Å². The summed E-state index contributed by atoms with van der Waals surface area (Å²) >= 11 is 0. The van der Waals surface area contributed by atoms with Crippen molar-refractivity contribution in [2.75, 3.05) is 13.7 Å². The number of methoxy groups -OCH3 is 1. The van der Waals surface area contributed by atoms with Gasteiger partial charge in [-0.1, -0.05) is 12.1 Å². The van der Waals surface area contributed by atoms with Gasteiger partial charge < -0.3 is 15.8 Å². The summed E-state index contributed by atoms with van der Waals surface area (Å²) in [6.07, 6.45) is 1.31. The highest BCUT2D eigenvalue weighted by molar-refractivity contribution is 5.95. The van der Waals surface area contributed by atoms with Crippen LogP contribution in [0.2, 0.25) is 0 Å². The fourth-order valence-electron chi connectivity index (χ4n) is 4.65. The first-order chi connectivity index (χ1) is 11.0. The number of hydrogen-bond acceptors (Lipinski definition) is 4. The summed E-state index contributed by atoms with van der Waals surface area (Å²) in [5.41, 5.74) is 5.94. The number of fused-ring (bicyclic) bond motifs is 1. The van der Waals surface area contributed by atoms with Crippen molar-refractivity contribution in [2.45, 2.75) is 31.0 Å². The number of carbonyl (C=O) groups excluding carboxylic acids is 2. The molecule has 122 valence electrons. The smallest absolute Gasteiger partial charge is 0.243 e. The number of nitrogens with one attached hydrogen (secondary N) is 1. The Kier molecular flexibility index (Phi) is 3.13. The molecule has 3 N–H and O–H groups in total. The van der Waals surface area contributed by atoms with Crippen molar-refractivity contribution in [1.29, 1.82) is 0 Å². The molecule has 0 radical (unpaired) electrons. The summed E-state index contributed by atoms with van der Waals surface area (Å²) in [6.45, 7) is 1.63. The maximum absolute atomic E-state index is 12.3. The monoisotopic (exact) mass is 315 g/mol. The van der Waals surface area contributed by atoms with Crippen molar-refractivity contribution in [3.63, 3.8) is 0 Å². The zero-order valence-corrected chi connectivity index (χ0v) is 13.1. The number of nitrogens with zero attached hydrogens (tertiary/aromatic N) is 1. The Morgan fingerprint density at radius 3 is 2.78 bits per heavy atom. The maximum Gasteiger partial charge on any atom is 0.243 e. The number of carbonyl (C=O) groups is 2. The molecule has 4 atom stereocenters. The van der Waals surface area contributed by atoms with Crippen LogP contribution in [0, 0.1) is 11.8 Å². The second-order valence-corrected chi connectivity index (χ2v) is 6.97. The van der Waals surface area contributed by atoms with Crippen LogP contribution < -0.4 is 15.8 Å². The largest absolute Gasteiger partial charge is 0.497 e. The normalized spacial score (nSPS) is 35.2. The first-order valence-electron chi connectivity index (χ1n) is 8.01. The Morgan fingerprint density at radius 2 is 2.13 bits per heavy atom. The zero-order chi connectivity index (χ0) is 16.2. The molecule has 3 saturated heterocycles. The summed E-state index contributed by atoms with van der Waals surface area (Å²) in [7, 11) is 1.65. The van der Waals surface area contributed by atoms with Crippen LogP contribution in [0.5, 0.6) is 5.75 Å². The highest BCUT2D eigenvalue weighted by atomic mass is 16.5. The average Bonchev–Trinajstić information content (AvgIpc) is 2.79. The van der Waals surface area contributed by atoms with E-state index in [0.717, 1.165) is 18.8 Å². The number of primary amides is 1. The zero-order valence-electron chi connectivity index (χ0n) is 13.1. The molecule has 4 unspecified atom stereocenters. The average molecular weight is 315 g/mol. The number of amides is 2. The molecule has 2 amide bonds. The fraction of sp³-hybridized carbons (Fsp3) is 0.529. The molecule has 4 fully saturated rings. The summed E-state index contributed by atoms with van der Waals surface area (Å²) in [5.74, 6) is 0.654. The predicted molar refractivity (Wildman–Crippen MR) is 83.5 cm³/mol. The lowest BCUT2D eigenvalue weighted by Crippen LogP contribution is -2.70. The van der Waals surface area contributed by atoms with Crippen molar-refractivity contribution >= 4 is 11.8 Å². The van der Waals surface area contributed by atoms with Gasteiger partial charge in [-0.05, 0) is 36.5 Å². The summed E-state index contributed by atoms with van der Waals surface area (Å²) < 4.78 is 5.18. The maximum atomic E-state index is 12.3. The molecule has 3 heterocycles. The third kappa shape index (κ3) is 2.12. The van der Waals surface area contributed by atoms with Crippen molar-refractivity contribution in [1.82, 2.24) is 10.2 Å². The van der Waals surface area contributed by atoms with Crippen LogP contribution in [0.1, 0.15) is 18.4 Å². The van der Waals surface area contributed by atoms with Gasteiger partial charge in [-0.15, -0.1) is 0 Å². The molecule has 4 bridgehead atoms. The Morgan fingerprint density at radius 1 is 1.39 bits per heavy atom. The first kappa shape index (κ1) is 14.5. The predicted octanol–water partition coefficient (Wildman–Crippen LogP) is 0.260. The van der Waals surface area contributed by atoms with E-state index in [1.807, 2.05) is 24.3 Å². The molecule has 3 aliphatic heterocycles. The second kappa shape index (κ2) is 4.96. The van der Waals surface area contributed by atoms with E-state index in [9.17, 15) is 9.59 Å². The van der Waals surface area contributed by atoms with Gasteiger partial charge in [-0.25, -0.2) is 0 Å². The fourth-order valence-corrected chi connectivity index (χ4v) is 4.65. The standard InChI is InChI=1S/C17H21N3O3/c1-23-12-4-2-10(3-5-12)8-20-9-11-6-17(16(18)22)7-13(20)14(11)15(21)19-17/h2-5,11,13-14H,6-9H2,1H3,(H2,18,22)(H,19,21). The van der Waals surface area contributed by atoms with Crippen molar-refractivity contribution in [3.05, 3.63) is 29.8 Å². The van der Waals surface area contributed by atoms with Crippen LogP contribution in [0.4, 0.5) is 0 Å². The molecule has 1 aromatic rings. The number of piperidine rings is 2. The topological polar surface area (TPSA) is 84.7 Å². The lowest BCUT2D eigenvalue weighted by Gasteiger charge is -2.48. The summed E-state index contributed by atoms with van der Waals surface area (Å²) in [5, 5.41) is 2.87. The van der Waals surface area contributed by atoms with E-state index in [2.05, 4.69) is 10.2 Å². The SMILES string of the molecule is COc1ccc(CN2CC3CC4(C(N)=O)CC2C3C(=O)N4)cc1.